The molecule has 2 aromatic rings. The molecular weight excluding hydrogens is 273 g/mol. The topological polar surface area (TPSA) is 58.4 Å². The summed E-state index contributed by atoms with van der Waals surface area (Å²) in [7, 11) is 3.46. The van der Waals surface area contributed by atoms with Crippen LogP contribution in [0.5, 0.6) is 0 Å². The number of hydrogen-bond donors (Lipinski definition) is 1. The number of nitrogens with one attached hydrogen (secondary N) is 1. The number of rotatable bonds is 5. The molecule has 5 nitrogen and oxygen atoms in total. The number of nitro groups is 1. The normalized spacial score (nSPS) is 10.2. The molecule has 110 valence electrons. The fourth-order valence-electron chi connectivity index (χ4n) is 2.04. The molecule has 2 aromatic carbocycles. The van der Waals surface area contributed by atoms with Crippen LogP contribution in [-0.4, -0.2) is 19.0 Å². The van der Waals surface area contributed by atoms with Crippen LogP contribution in [0.3, 0.4) is 0 Å². The van der Waals surface area contributed by atoms with E-state index in [2.05, 4.69) is 5.32 Å². The zero-order chi connectivity index (χ0) is 15.4. The molecule has 0 aliphatic rings. The highest BCUT2D eigenvalue weighted by Gasteiger charge is 2.13. The first-order valence-electron chi connectivity index (χ1n) is 6.43. The van der Waals surface area contributed by atoms with Gasteiger partial charge in [0.05, 0.1) is 4.92 Å². The number of anilines is 2. The van der Waals surface area contributed by atoms with Gasteiger partial charge in [0, 0.05) is 49.7 Å². The van der Waals surface area contributed by atoms with Crippen molar-refractivity contribution in [3.63, 3.8) is 0 Å². The molecule has 0 saturated heterocycles. The summed E-state index contributed by atoms with van der Waals surface area (Å²) in [5.74, 6) is -0.288. The average Bonchev–Trinajstić information content (AvgIpc) is 2.49. The summed E-state index contributed by atoms with van der Waals surface area (Å²) >= 11 is 0. The molecular formula is C15H16FN3O2. The number of hydrogen-bond acceptors (Lipinski definition) is 4. The van der Waals surface area contributed by atoms with Crippen LogP contribution in [0.4, 0.5) is 21.5 Å². The van der Waals surface area contributed by atoms with E-state index in [0.717, 1.165) is 0 Å². The van der Waals surface area contributed by atoms with Crippen molar-refractivity contribution < 1.29 is 9.31 Å². The number of nitrogens with zero attached hydrogens (tertiary/aromatic N) is 2. The summed E-state index contributed by atoms with van der Waals surface area (Å²) < 4.78 is 13.7. The van der Waals surface area contributed by atoms with E-state index >= 15 is 0 Å². The summed E-state index contributed by atoms with van der Waals surface area (Å²) in [4.78, 5) is 12.3. The van der Waals surface area contributed by atoms with Gasteiger partial charge in [-0.1, -0.05) is 18.2 Å². The second kappa shape index (κ2) is 6.21. The Labute approximate surface area is 122 Å². The van der Waals surface area contributed by atoms with Crippen LogP contribution in [0, 0.1) is 15.9 Å². The Morgan fingerprint density at radius 3 is 2.62 bits per heavy atom. The standard InChI is InChI=1S/C15H16FN3O2/c1-17-12-7-13(9-14(8-12)19(20)21)18(2)10-11-5-3-4-6-15(11)16/h3-9,17H,10H2,1-2H3. The summed E-state index contributed by atoms with van der Waals surface area (Å²) in [6, 6.07) is 11.2. The van der Waals surface area contributed by atoms with Crippen molar-refractivity contribution in [3.05, 3.63) is 64.0 Å². The predicted molar refractivity (Wildman–Crippen MR) is 81.2 cm³/mol. The first-order chi connectivity index (χ1) is 10.0. The van der Waals surface area contributed by atoms with Gasteiger partial charge in [0.15, 0.2) is 0 Å². The van der Waals surface area contributed by atoms with Gasteiger partial charge in [0.2, 0.25) is 0 Å². The smallest absolute Gasteiger partial charge is 0.273 e. The van der Waals surface area contributed by atoms with Crippen molar-refractivity contribution in [2.24, 2.45) is 0 Å². The molecule has 1 N–H and O–H groups in total. The van der Waals surface area contributed by atoms with Crippen molar-refractivity contribution in [1.82, 2.24) is 0 Å². The molecule has 0 spiro atoms. The molecule has 6 heteroatoms. The molecule has 0 heterocycles. The van der Waals surface area contributed by atoms with Crippen LogP contribution in [0.15, 0.2) is 42.5 Å². The third-order valence-corrected chi connectivity index (χ3v) is 3.21. The van der Waals surface area contributed by atoms with Gasteiger partial charge >= 0.3 is 0 Å². The lowest BCUT2D eigenvalue weighted by molar-refractivity contribution is -0.384. The molecule has 0 aromatic heterocycles. The third kappa shape index (κ3) is 3.47. The Morgan fingerprint density at radius 1 is 1.29 bits per heavy atom. The third-order valence-electron chi connectivity index (χ3n) is 3.21. The Bertz CT molecular complexity index is 661. The Morgan fingerprint density at radius 2 is 2.00 bits per heavy atom. The van der Waals surface area contributed by atoms with E-state index in [0.29, 0.717) is 23.5 Å². The van der Waals surface area contributed by atoms with Gasteiger partial charge in [0.25, 0.3) is 5.69 Å². The van der Waals surface area contributed by atoms with Gasteiger partial charge in [-0.05, 0) is 12.1 Å². The molecule has 0 aliphatic carbocycles. The summed E-state index contributed by atoms with van der Waals surface area (Å²) in [6.45, 7) is 0.330. The molecule has 21 heavy (non-hydrogen) atoms. The second-order valence-corrected chi connectivity index (χ2v) is 4.69. The lowest BCUT2D eigenvalue weighted by Crippen LogP contribution is -2.17. The molecule has 0 saturated carbocycles. The van der Waals surface area contributed by atoms with E-state index in [4.69, 9.17) is 0 Å². The number of non-ortho nitro benzene ring substituents is 1. The van der Waals surface area contributed by atoms with E-state index in [-0.39, 0.29) is 11.5 Å². The van der Waals surface area contributed by atoms with Gasteiger partial charge in [0.1, 0.15) is 5.82 Å². The number of benzene rings is 2. The average molecular weight is 289 g/mol. The van der Waals surface area contributed by atoms with Crippen molar-refractivity contribution in [2.45, 2.75) is 6.54 Å². The van der Waals surface area contributed by atoms with Gasteiger partial charge < -0.3 is 10.2 Å². The highest BCUT2D eigenvalue weighted by molar-refractivity contribution is 5.64. The van der Waals surface area contributed by atoms with E-state index < -0.39 is 4.92 Å². The zero-order valence-corrected chi connectivity index (χ0v) is 11.8. The van der Waals surface area contributed by atoms with Crippen LogP contribution >= 0.6 is 0 Å². The minimum atomic E-state index is -0.443. The van der Waals surface area contributed by atoms with Gasteiger partial charge in [-0.25, -0.2) is 4.39 Å². The largest absolute Gasteiger partial charge is 0.388 e. The van der Waals surface area contributed by atoms with E-state index in [1.165, 1.54) is 18.2 Å². The zero-order valence-electron chi connectivity index (χ0n) is 11.8. The summed E-state index contributed by atoms with van der Waals surface area (Å²) in [6.07, 6.45) is 0. The van der Waals surface area contributed by atoms with Crippen LogP contribution in [0.25, 0.3) is 0 Å². The highest BCUT2D eigenvalue weighted by Crippen LogP contribution is 2.27. The van der Waals surface area contributed by atoms with Crippen molar-refractivity contribution in [2.75, 3.05) is 24.3 Å². The molecule has 0 atom stereocenters. The summed E-state index contributed by atoms with van der Waals surface area (Å²) in [5, 5.41) is 13.8. The molecule has 0 aliphatic heterocycles. The van der Waals surface area contributed by atoms with E-state index in [1.54, 1.807) is 43.3 Å². The lowest BCUT2D eigenvalue weighted by Gasteiger charge is -2.20. The maximum atomic E-state index is 13.7. The first-order valence-corrected chi connectivity index (χ1v) is 6.43. The fourth-order valence-corrected chi connectivity index (χ4v) is 2.04. The van der Waals surface area contributed by atoms with Gasteiger partial charge in [-0.3, -0.25) is 10.1 Å². The molecule has 0 fully saturated rings. The molecule has 0 unspecified atom stereocenters. The molecule has 0 amide bonds. The van der Waals surface area contributed by atoms with E-state index in [1.807, 2.05) is 0 Å². The van der Waals surface area contributed by atoms with Crippen molar-refractivity contribution >= 4 is 17.1 Å². The first kappa shape index (κ1) is 14.8. The minimum absolute atomic E-state index is 0.00256. The SMILES string of the molecule is CNc1cc(N(C)Cc2ccccc2F)cc([N+](=O)[O-])c1. The van der Waals surface area contributed by atoms with Crippen molar-refractivity contribution in [1.29, 1.82) is 0 Å². The van der Waals surface area contributed by atoms with Crippen LogP contribution in [-0.2, 0) is 6.54 Å². The van der Waals surface area contributed by atoms with Gasteiger partial charge in [-0.2, -0.15) is 0 Å². The van der Waals surface area contributed by atoms with Crippen LogP contribution in [0.1, 0.15) is 5.56 Å². The lowest BCUT2D eigenvalue weighted by atomic mass is 10.1. The Hall–Kier alpha value is -2.63. The monoisotopic (exact) mass is 289 g/mol. The molecule has 0 bridgehead atoms. The maximum absolute atomic E-state index is 13.7. The van der Waals surface area contributed by atoms with Crippen molar-refractivity contribution in [3.8, 4) is 0 Å². The van der Waals surface area contributed by atoms with E-state index in [9.17, 15) is 14.5 Å². The second-order valence-electron chi connectivity index (χ2n) is 4.69. The molecule has 0 radical (unpaired) electrons. The van der Waals surface area contributed by atoms with Gasteiger partial charge in [-0.15, -0.1) is 0 Å². The summed E-state index contributed by atoms with van der Waals surface area (Å²) in [5.41, 5.74) is 1.83. The Kier molecular flexibility index (Phi) is 4.37. The minimum Gasteiger partial charge on any atom is -0.388 e. The maximum Gasteiger partial charge on any atom is 0.273 e. The number of halogens is 1. The molecule has 2 rings (SSSR count). The predicted octanol–water partition coefficient (Wildman–Crippen LogP) is 3.41. The fraction of sp³-hybridized carbons (Fsp3) is 0.200. The number of nitro benzene ring substituents is 1. The highest BCUT2D eigenvalue weighted by atomic mass is 19.1. The Balaban J connectivity index is 2.30. The van der Waals surface area contributed by atoms with Crippen LogP contribution in [0.2, 0.25) is 0 Å². The van der Waals surface area contributed by atoms with Crippen LogP contribution < -0.4 is 10.2 Å². The quantitative estimate of drug-likeness (QED) is 0.677.